The lowest BCUT2D eigenvalue weighted by Gasteiger charge is -2.15. The smallest absolute Gasteiger partial charge is 0.319 e. The lowest BCUT2D eigenvalue weighted by molar-refractivity contribution is -0.114. The number of urea groups is 1. The van der Waals surface area contributed by atoms with Gasteiger partial charge in [-0.3, -0.25) is 9.78 Å². The van der Waals surface area contributed by atoms with Gasteiger partial charge in [0.25, 0.3) is 0 Å². The standard InChI is InChI=1S/C16H17ClN4O2/c1-10(12-5-7-18-8-6-12)19-16(23)21-15-4-3-13(9-14(15)17)20-11(2)22/h3-10H,1-2H3,(H,20,22)(H2,19,21,23). The van der Waals surface area contributed by atoms with Crippen LogP contribution in [0.25, 0.3) is 0 Å². The van der Waals surface area contributed by atoms with E-state index in [2.05, 4.69) is 20.9 Å². The number of aromatic nitrogens is 1. The molecule has 0 saturated carbocycles. The predicted molar refractivity (Wildman–Crippen MR) is 90.6 cm³/mol. The number of carbonyl (C=O) groups is 2. The van der Waals surface area contributed by atoms with Crippen LogP contribution in [0.5, 0.6) is 0 Å². The molecule has 3 amide bonds. The molecule has 23 heavy (non-hydrogen) atoms. The lowest BCUT2D eigenvalue weighted by atomic mass is 10.1. The topological polar surface area (TPSA) is 83.1 Å². The first-order chi connectivity index (χ1) is 11.0. The third-order valence-electron chi connectivity index (χ3n) is 3.09. The first-order valence-corrected chi connectivity index (χ1v) is 7.38. The van der Waals surface area contributed by atoms with E-state index in [-0.39, 0.29) is 18.0 Å². The molecular formula is C16H17ClN4O2. The number of hydrogen-bond donors (Lipinski definition) is 3. The van der Waals surface area contributed by atoms with Crippen LogP contribution in [0.4, 0.5) is 16.2 Å². The number of pyridine rings is 1. The molecule has 7 heteroatoms. The second kappa shape index (κ2) is 7.60. The summed E-state index contributed by atoms with van der Waals surface area (Å²) in [7, 11) is 0. The highest BCUT2D eigenvalue weighted by molar-refractivity contribution is 6.34. The minimum atomic E-state index is -0.372. The normalized spacial score (nSPS) is 11.4. The van der Waals surface area contributed by atoms with Gasteiger partial charge < -0.3 is 16.0 Å². The fourth-order valence-electron chi connectivity index (χ4n) is 1.99. The SMILES string of the molecule is CC(=O)Nc1ccc(NC(=O)NC(C)c2ccncc2)c(Cl)c1. The molecule has 0 saturated heterocycles. The van der Waals surface area contributed by atoms with Gasteiger partial charge >= 0.3 is 6.03 Å². The first-order valence-electron chi connectivity index (χ1n) is 7.00. The Balaban J connectivity index is 1.99. The molecule has 1 atom stereocenters. The number of anilines is 2. The van der Waals surface area contributed by atoms with Crippen molar-refractivity contribution < 1.29 is 9.59 Å². The fourth-order valence-corrected chi connectivity index (χ4v) is 2.22. The van der Waals surface area contributed by atoms with Crippen molar-refractivity contribution >= 4 is 34.9 Å². The highest BCUT2D eigenvalue weighted by Crippen LogP contribution is 2.25. The molecule has 0 spiro atoms. The van der Waals surface area contributed by atoms with Gasteiger partial charge in [0, 0.05) is 25.0 Å². The van der Waals surface area contributed by atoms with Crippen LogP contribution in [0, 0.1) is 0 Å². The summed E-state index contributed by atoms with van der Waals surface area (Å²) < 4.78 is 0. The van der Waals surface area contributed by atoms with Gasteiger partial charge in [-0.2, -0.15) is 0 Å². The second-order valence-corrected chi connectivity index (χ2v) is 5.38. The minimum absolute atomic E-state index is 0.171. The third-order valence-corrected chi connectivity index (χ3v) is 3.40. The molecule has 0 aliphatic rings. The summed E-state index contributed by atoms with van der Waals surface area (Å²) in [5.74, 6) is -0.189. The number of hydrogen-bond acceptors (Lipinski definition) is 3. The summed E-state index contributed by atoms with van der Waals surface area (Å²) >= 11 is 6.11. The molecule has 0 bridgehead atoms. The summed E-state index contributed by atoms with van der Waals surface area (Å²) in [5.41, 5.74) is 1.97. The molecule has 6 nitrogen and oxygen atoms in total. The Hall–Kier alpha value is -2.60. The van der Waals surface area contributed by atoms with Gasteiger partial charge in [0.05, 0.1) is 16.8 Å². The van der Waals surface area contributed by atoms with Crippen LogP contribution in [-0.2, 0) is 4.79 Å². The van der Waals surface area contributed by atoms with Crippen LogP contribution in [0.1, 0.15) is 25.5 Å². The number of nitrogens with one attached hydrogen (secondary N) is 3. The zero-order chi connectivity index (χ0) is 16.8. The van der Waals surface area contributed by atoms with E-state index in [9.17, 15) is 9.59 Å². The summed E-state index contributed by atoms with van der Waals surface area (Å²) in [5, 5.41) is 8.45. The zero-order valence-corrected chi connectivity index (χ0v) is 13.5. The van der Waals surface area contributed by atoms with E-state index in [1.54, 1.807) is 30.6 Å². The van der Waals surface area contributed by atoms with Gasteiger partial charge in [0.15, 0.2) is 0 Å². The molecule has 1 unspecified atom stereocenters. The van der Waals surface area contributed by atoms with Crippen molar-refractivity contribution in [3.63, 3.8) is 0 Å². The number of benzene rings is 1. The van der Waals surface area contributed by atoms with E-state index < -0.39 is 0 Å². The summed E-state index contributed by atoms with van der Waals surface area (Å²) in [6, 6.07) is 7.99. The van der Waals surface area contributed by atoms with Crippen LogP contribution in [0.15, 0.2) is 42.7 Å². The Kier molecular flexibility index (Phi) is 5.54. The average Bonchev–Trinajstić information content (AvgIpc) is 2.50. The molecule has 0 radical (unpaired) electrons. The van der Waals surface area contributed by atoms with Crippen molar-refractivity contribution in [3.8, 4) is 0 Å². The summed E-state index contributed by atoms with van der Waals surface area (Å²) in [6.07, 6.45) is 3.34. The first kappa shape index (κ1) is 16.8. The average molecular weight is 333 g/mol. The number of halogens is 1. The molecule has 2 rings (SSSR count). The van der Waals surface area contributed by atoms with E-state index in [0.717, 1.165) is 5.56 Å². The zero-order valence-electron chi connectivity index (χ0n) is 12.8. The van der Waals surface area contributed by atoms with Crippen LogP contribution >= 0.6 is 11.6 Å². The van der Waals surface area contributed by atoms with Crippen LogP contribution in [0.3, 0.4) is 0 Å². The van der Waals surface area contributed by atoms with E-state index in [1.807, 2.05) is 19.1 Å². The Morgan fingerprint density at radius 2 is 1.83 bits per heavy atom. The van der Waals surface area contributed by atoms with Crippen molar-refractivity contribution in [2.24, 2.45) is 0 Å². The van der Waals surface area contributed by atoms with Gasteiger partial charge in [-0.1, -0.05) is 11.6 Å². The number of nitrogens with zero attached hydrogens (tertiary/aromatic N) is 1. The number of rotatable bonds is 4. The van der Waals surface area contributed by atoms with E-state index >= 15 is 0 Å². The van der Waals surface area contributed by atoms with E-state index in [0.29, 0.717) is 16.4 Å². The Bertz CT molecular complexity index is 706. The molecule has 1 aromatic carbocycles. The maximum atomic E-state index is 12.0. The highest BCUT2D eigenvalue weighted by Gasteiger charge is 2.11. The third kappa shape index (κ3) is 4.96. The molecule has 0 aliphatic heterocycles. The Labute approximate surface area is 139 Å². The van der Waals surface area contributed by atoms with Crippen molar-refractivity contribution in [1.29, 1.82) is 0 Å². The van der Waals surface area contributed by atoms with E-state index in [4.69, 9.17) is 11.6 Å². The monoisotopic (exact) mass is 332 g/mol. The summed E-state index contributed by atoms with van der Waals surface area (Å²) in [6.45, 7) is 3.28. The Morgan fingerprint density at radius 3 is 2.43 bits per heavy atom. The van der Waals surface area contributed by atoms with Crippen molar-refractivity contribution in [2.75, 3.05) is 10.6 Å². The molecule has 2 aromatic rings. The van der Waals surface area contributed by atoms with Gasteiger partial charge in [-0.25, -0.2) is 4.79 Å². The molecule has 3 N–H and O–H groups in total. The maximum absolute atomic E-state index is 12.0. The van der Waals surface area contributed by atoms with Crippen LogP contribution in [0.2, 0.25) is 5.02 Å². The van der Waals surface area contributed by atoms with Crippen LogP contribution < -0.4 is 16.0 Å². The fraction of sp³-hybridized carbons (Fsp3) is 0.188. The van der Waals surface area contributed by atoms with E-state index in [1.165, 1.54) is 6.92 Å². The number of carbonyl (C=O) groups excluding carboxylic acids is 2. The van der Waals surface area contributed by atoms with Gasteiger partial charge in [0.1, 0.15) is 0 Å². The molecule has 120 valence electrons. The van der Waals surface area contributed by atoms with Gasteiger partial charge in [-0.05, 0) is 42.8 Å². The summed E-state index contributed by atoms with van der Waals surface area (Å²) in [4.78, 5) is 27.0. The quantitative estimate of drug-likeness (QED) is 0.800. The maximum Gasteiger partial charge on any atom is 0.319 e. The van der Waals surface area contributed by atoms with Crippen molar-refractivity contribution in [3.05, 3.63) is 53.3 Å². The highest BCUT2D eigenvalue weighted by atomic mass is 35.5. The van der Waals surface area contributed by atoms with Crippen molar-refractivity contribution in [1.82, 2.24) is 10.3 Å². The molecular weight excluding hydrogens is 316 g/mol. The van der Waals surface area contributed by atoms with Crippen molar-refractivity contribution in [2.45, 2.75) is 19.9 Å². The Morgan fingerprint density at radius 1 is 1.13 bits per heavy atom. The molecule has 0 fully saturated rings. The minimum Gasteiger partial charge on any atom is -0.331 e. The number of amides is 3. The second-order valence-electron chi connectivity index (χ2n) is 4.98. The predicted octanol–water partition coefficient (Wildman–Crippen LogP) is 3.58. The molecule has 1 aromatic heterocycles. The van der Waals surface area contributed by atoms with Crippen LogP contribution in [-0.4, -0.2) is 16.9 Å². The van der Waals surface area contributed by atoms with Gasteiger partial charge in [0.2, 0.25) is 5.91 Å². The van der Waals surface area contributed by atoms with Gasteiger partial charge in [-0.15, -0.1) is 0 Å². The lowest BCUT2D eigenvalue weighted by Crippen LogP contribution is -2.31. The largest absolute Gasteiger partial charge is 0.331 e. The molecule has 1 heterocycles. The molecule has 0 aliphatic carbocycles.